The topological polar surface area (TPSA) is 83.9 Å². The van der Waals surface area contributed by atoms with Crippen LogP contribution >= 0.6 is 0 Å². The van der Waals surface area contributed by atoms with Gasteiger partial charge in [0.25, 0.3) is 0 Å². The van der Waals surface area contributed by atoms with E-state index in [1.807, 2.05) is 0 Å². The van der Waals surface area contributed by atoms with Gasteiger partial charge in [0.2, 0.25) is 0 Å². The molecule has 0 unspecified atom stereocenters. The molecule has 1 N–H and O–H groups in total. The Kier molecular flexibility index (Phi) is 5.08. The number of ketones is 1. The highest BCUT2D eigenvalue weighted by Crippen LogP contribution is 2.02. The number of hydrogen-bond acceptors (Lipinski definition) is 5. The van der Waals surface area contributed by atoms with Crippen molar-refractivity contribution in [2.45, 2.75) is 6.42 Å². The number of Topliss-reactive ketones (excluding diaryl/α,β-unsaturated/α-hetero) is 1. The molecule has 0 saturated carbocycles. The van der Waals surface area contributed by atoms with Crippen molar-refractivity contribution in [2.75, 3.05) is 21.2 Å². The Morgan fingerprint density at radius 1 is 1.33 bits per heavy atom. The first-order valence-electron chi connectivity index (χ1n) is 4.10. The number of aliphatic carboxylic acids is 1. The third-order valence-corrected chi connectivity index (χ3v) is 1.45. The van der Waals surface area contributed by atoms with E-state index in [1.54, 1.807) is 14.1 Å². The van der Waals surface area contributed by atoms with Crippen molar-refractivity contribution >= 4 is 17.7 Å². The highest BCUT2D eigenvalue weighted by Gasteiger charge is 2.20. The Morgan fingerprint density at radius 2 is 1.87 bits per heavy atom. The van der Waals surface area contributed by atoms with E-state index in [0.717, 1.165) is 13.3 Å². The number of rotatable bonds is 5. The summed E-state index contributed by atoms with van der Waals surface area (Å²) in [6.07, 6.45) is 0.579. The minimum atomic E-state index is -1.36. The van der Waals surface area contributed by atoms with Crippen LogP contribution in [-0.4, -0.2) is 48.9 Å². The summed E-state index contributed by atoms with van der Waals surface area (Å²) in [5.74, 6) is -2.90. The third-order valence-electron chi connectivity index (χ3n) is 1.45. The van der Waals surface area contributed by atoms with Crippen molar-refractivity contribution in [1.29, 1.82) is 0 Å². The molecule has 0 atom stereocenters. The molecule has 0 bridgehead atoms. The van der Waals surface area contributed by atoms with Gasteiger partial charge in [-0.25, -0.2) is 4.79 Å². The predicted octanol–water partition coefficient (Wildman–Crippen LogP) is -0.351. The van der Waals surface area contributed by atoms with Crippen LogP contribution in [0.4, 0.5) is 0 Å². The molecule has 0 spiro atoms. The molecular weight excluding hydrogens is 202 g/mol. The minimum absolute atomic E-state index is 0.439. The molecule has 0 radical (unpaired) electrons. The lowest BCUT2D eigenvalue weighted by Crippen LogP contribution is -2.19. The maximum absolute atomic E-state index is 11.3. The lowest BCUT2D eigenvalue weighted by molar-refractivity contribution is -0.143. The maximum atomic E-state index is 11.3. The van der Waals surface area contributed by atoms with Gasteiger partial charge in [-0.05, 0) is 0 Å². The van der Waals surface area contributed by atoms with E-state index in [9.17, 15) is 14.4 Å². The Labute approximate surface area is 87.1 Å². The molecule has 6 heteroatoms. The molecule has 15 heavy (non-hydrogen) atoms. The summed E-state index contributed by atoms with van der Waals surface area (Å²) in [6.45, 7) is 0. The van der Waals surface area contributed by atoms with Crippen molar-refractivity contribution in [1.82, 2.24) is 4.90 Å². The third kappa shape index (κ3) is 4.80. The normalized spacial score (nSPS) is 10.7. The summed E-state index contributed by atoms with van der Waals surface area (Å²) in [6, 6.07) is 0. The number of methoxy groups -OCH3 is 1. The Morgan fingerprint density at radius 3 is 2.20 bits per heavy atom. The van der Waals surface area contributed by atoms with Crippen LogP contribution in [0.2, 0.25) is 0 Å². The number of hydrogen-bond donors (Lipinski definition) is 1. The van der Waals surface area contributed by atoms with Gasteiger partial charge in [0.15, 0.2) is 5.78 Å². The summed E-state index contributed by atoms with van der Waals surface area (Å²) < 4.78 is 4.26. The van der Waals surface area contributed by atoms with Crippen LogP contribution in [0.25, 0.3) is 0 Å². The molecule has 0 aromatic heterocycles. The number of carboxylic acids is 1. The van der Waals surface area contributed by atoms with Crippen molar-refractivity contribution in [3.63, 3.8) is 0 Å². The van der Waals surface area contributed by atoms with Gasteiger partial charge in [-0.3, -0.25) is 9.59 Å². The molecule has 0 fully saturated rings. The van der Waals surface area contributed by atoms with E-state index in [4.69, 9.17) is 5.11 Å². The van der Waals surface area contributed by atoms with Crippen LogP contribution < -0.4 is 0 Å². The largest absolute Gasteiger partial charge is 0.478 e. The van der Waals surface area contributed by atoms with Gasteiger partial charge < -0.3 is 14.7 Å². The van der Waals surface area contributed by atoms with Crippen LogP contribution in [-0.2, 0) is 19.1 Å². The average Bonchev–Trinajstić information content (AvgIpc) is 2.12. The lowest BCUT2D eigenvalue weighted by atomic mass is 10.1. The standard InChI is InChI=1S/C9H13NO5/c1-10(2)5-6(9(13)14)7(11)4-8(12)15-3/h5H,4H2,1-3H3,(H,13,14)/b6-5-. The van der Waals surface area contributed by atoms with E-state index in [-0.39, 0.29) is 0 Å². The second kappa shape index (κ2) is 5.79. The molecule has 0 aliphatic rings. The molecule has 6 nitrogen and oxygen atoms in total. The lowest BCUT2D eigenvalue weighted by Gasteiger charge is -2.07. The second-order valence-corrected chi connectivity index (χ2v) is 2.99. The van der Waals surface area contributed by atoms with Gasteiger partial charge in [0, 0.05) is 20.3 Å². The number of carbonyl (C=O) groups excluding carboxylic acids is 2. The number of esters is 1. The van der Waals surface area contributed by atoms with Gasteiger partial charge in [-0.15, -0.1) is 0 Å². The van der Waals surface area contributed by atoms with E-state index < -0.39 is 29.7 Å². The fourth-order valence-electron chi connectivity index (χ4n) is 0.803. The van der Waals surface area contributed by atoms with Crippen LogP contribution in [0.3, 0.4) is 0 Å². The summed E-state index contributed by atoms with van der Waals surface area (Å²) >= 11 is 0. The van der Waals surface area contributed by atoms with Gasteiger partial charge >= 0.3 is 11.9 Å². The maximum Gasteiger partial charge on any atom is 0.340 e. The fraction of sp³-hybridized carbons (Fsp3) is 0.444. The van der Waals surface area contributed by atoms with E-state index >= 15 is 0 Å². The van der Waals surface area contributed by atoms with Crippen LogP contribution in [0, 0.1) is 0 Å². The highest BCUT2D eigenvalue weighted by atomic mass is 16.5. The Bertz CT molecular complexity index is 306. The summed E-state index contributed by atoms with van der Waals surface area (Å²) in [4.78, 5) is 34.2. The smallest absolute Gasteiger partial charge is 0.340 e. The number of ether oxygens (including phenoxy) is 1. The predicted molar refractivity (Wildman–Crippen MR) is 51.0 cm³/mol. The first-order chi connectivity index (χ1) is 6.88. The number of carboxylic acid groups (broad SMARTS) is 1. The zero-order valence-corrected chi connectivity index (χ0v) is 8.81. The highest BCUT2D eigenvalue weighted by molar-refractivity contribution is 6.20. The zero-order chi connectivity index (χ0) is 12.0. The van der Waals surface area contributed by atoms with Crippen LogP contribution in [0.1, 0.15) is 6.42 Å². The molecule has 84 valence electrons. The zero-order valence-electron chi connectivity index (χ0n) is 8.81. The van der Waals surface area contributed by atoms with Gasteiger partial charge in [0.1, 0.15) is 12.0 Å². The first-order valence-corrected chi connectivity index (χ1v) is 4.10. The summed E-state index contributed by atoms with van der Waals surface area (Å²) in [7, 11) is 4.29. The molecule has 0 heterocycles. The van der Waals surface area contributed by atoms with Gasteiger partial charge in [0.05, 0.1) is 7.11 Å². The molecule has 0 amide bonds. The molecule has 0 aromatic carbocycles. The molecule has 0 aliphatic heterocycles. The van der Waals surface area contributed by atoms with Crippen LogP contribution in [0.15, 0.2) is 11.8 Å². The fourth-order valence-corrected chi connectivity index (χ4v) is 0.803. The second-order valence-electron chi connectivity index (χ2n) is 2.99. The molecule has 0 aromatic rings. The quantitative estimate of drug-likeness (QED) is 0.292. The van der Waals surface area contributed by atoms with Gasteiger partial charge in [-0.1, -0.05) is 0 Å². The first kappa shape index (κ1) is 13.2. The molecule has 0 rings (SSSR count). The number of carbonyl (C=O) groups is 3. The summed E-state index contributed by atoms with van der Waals surface area (Å²) in [5, 5.41) is 8.71. The van der Waals surface area contributed by atoms with Gasteiger partial charge in [-0.2, -0.15) is 0 Å². The Hall–Kier alpha value is -1.85. The van der Waals surface area contributed by atoms with Crippen molar-refractivity contribution in [3.8, 4) is 0 Å². The van der Waals surface area contributed by atoms with Crippen molar-refractivity contribution in [3.05, 3.63) is 11.8 Å². The Balaban J connectivity index is 4.73. The molecule has 0 aliphatic carbocycles. The van der Waals surface area contributed by atoms with E-state index in [1.165, 1.54) is 4.90 Å². The van der Waals surface area contributed by atoms with E-state index in [0.29, 0.717) is 0 Å². The van der Waals surface area contributed by atoms with E-state index in [2.05, 4.69) is 4.74 Å². The average molecular weight is 215 g/mol. The summed E-state index contributed by atoms with van der Waals surface area (Å²) in [5.41, 5.74) is -0.439. The van der Waals surface area contributed by atoms with Crippen molar-refractivity contribution < 1.29 is 24.2 Å². The SMILES string of the molecule is COC(=O)CC(=O)/C(=C/N(C)C)C(=O)O. The van der Waals surface area contributed by atoms with Crippen LogP contribution in [0.5, 0.6) is 0 Å². The monoisotopic (exact) mass is 215 g/mol. The molecule has 0 saturated heterocycles. The van der Waals surface area contributed by atoms with Crippen molar-refractivity contribution in [2.24, 2.45) is 0 Å². The number of nitrogens with zero attached hydrogens (tertiary/aromatic N) is 1. The minimum Gasteiger partial charge on any atom is -0.478 e. The molecular formula is C9H13NO5.